The number of aliphatic hydroxyl groups is 1. The molecule has 2 aliphatic rings. The van der Waals surface area contributed by atoms with Crippen LogP contribution in [0, 0.1) is 11.3 Å². The molecule has 0 spiro atoms. The Hall–Kier alpha value is -0.120. The van der Waals surface area contributed by atoms with Crippen molar-refractivity contribution in [1.82, 2.24) is 5.32 Å². The molecule has 2 aliphatic carbocycles. The summed E-state index contributed by atoms with van der Waals surface area (Å²) in [5.41, 5.74) is 5.98. The summed E-state index contributed by atoms with van der Waals surface area (Å²) in [5.74, 6) is 0.661. The molecular weight excluding hydrogens is 212 g/mol. The van der Waals surface area contributed by atoms with Crippen LogP contribution >= 0.6 is 0 Å². The maximum Gasteiger partial charge on any atom is 0.0499 e. The Balaban J connectivity index is 1.82. The van der Waals surface area contributed by atoms with Crippen LogP contribution in [0.5, 0.6) is 0 Å². The number of hydrogen-bond acceptors (Lipinski definition) is 3. The van der Waals surface area contributed by atoms with E-state index in [-0.39, 0.29) is 5.41 Å². The van der Waals surface area contributed by atoms with Gasteiger partial charge in [-0.3, -0.25) is 0 Å². The van der Waals surface area contributed by atoms with Crippen molar-refractivity contribution in [2.45, 2.75) is 57.4 Å². The van der Waals surface area contributed by atoms with Crippen molar-refractivity contribution >= 4 is 0 Å². The molecule has 0 aliphatic heterocycles. The number of nitrogens with two attached hydrogens (primary N) is 1. The lowest BCUT2D eigenvalue weighted by atomic mass is 9.74. The molecule has 4 N–H and O–H groups in total. The summed E-state index contributed by atoms with van der Waals surface area (Å²) in [6, 6.07) is 0.602. The lowest BCUT2D eigenvalue weighted by Crippen LogP contribution is -2.45. The highest BCUT2D eigenvalue weighted by Crippen LogP contribution is 2.36. The van der Waals surface area contributed by atoms with Crippen LogP contribution in [0.15, 0.2) is 0 Å². The van der Waals surface area contributed by atoms with Gasteiger partial charge in [0.15, 0.2) is 0 Å². The van der Waals surface area contributed by atoms with Gasteiger partial charge >= 0.3 is 0 Å². The standard InChI is InChI=1S/C14H28N2O/c15-9-12-5-4-6-13(12)16-10-14(11-17)7-2-1-3-8-14/h12-13,16-17H,1-11,15H2. The first kappa shape index (κ1) is 13.3. The molecule has 0 aromatic heterocycles. The molecule has 0 aromatic carbocycles. The van der Waals surface area contributed by atoms with Crippen LogP contribution < -0.4 is 11.1 Å². The van der Waals surface area contributed by atoms with Crippen molar-refractivity contribution in [3.05, 3.63) is 0 Å². The fourth-order valence-electron chi connectivity index (χ4n) is 3.63. The van der Waals surface area contributed by atoms with E-state index in [0.29, 0.717) is 18.6 Å². The van der Waals surface area contributed by atoms with Crippen molar-refractivity contribution in [3.8, 4) is 0 Å². The summed E-state index contributed by atoms with van der Waals surface area (Å²) in [6.07, 6.45) is 10.2. The van der Waals surface area contributed by atoms with Gasteiger partial charge in [-0.2, -0.15) is 0 Å². The third-order valence-corrected chi connectivity index (χ3v) is 4.95. The van der Waals surface area contributed by atoms with E-state index in [1.165, 1.54) is 51.4 Å². The number of nitrogens with one attached hydrogen (secondary N) is 1. The van der Waals surface area contributed by atoms with Gasteiger partial charge in [-0.1, -0.05) is 25.7 Å². The third-order valence-electron chi connectivity index (χ3n) is 4.95. The second kappa shape index (κ2) is 6.17. The first-order valence-corrected chi connectivity index (χ1v) is 7.34. The minimum absolute atomic E-state index is 0.167. The Morgan fingerprint density at radius 1 is 1.12 bits per heavy atom. The second-order valence-corrected chi connectivity index (χ2v) is 6.13. The zero-order valence-corrected chi connectivity index (χ0v) is 11.0. The quantitative estimate of drug-likeness (QED) is 0.685. The third kappa shape index (κ3) is 3.21. The van der Waals surface area contributed by atoms with Gasteiger partial charge in [-0.25, -0.2) is 0 Å². The van der Waals surface area contributed by atoms with Crippen molar-refractivity contribution < 1.29 is 5.11 Å². The normalized spacial score (nSPS) is 32.8. The van der Waals surface area contributed by atoms with E-state index < -0.39 is 0 Å². The van der Waals surface area contributed by atoms with E-state index in [9.17, 15) is 5.11 Å². The average molecular weight is 240 g/mol. The van der Waals surface area contributed by atoms with Gasteiger partial charge in [-0.15, -0.1) is 0 Å². The van der Waals surface area contributed by atoms with Crippen molar-refractivity contribution in [2.75, 3.05) is 19.7 Å². The highest BCUT2D eigenvalue weighted by molar-refractivity contribution is 4.89. The molecule has 0 amide bonds. The van der Waals surface area contributed by atoms with Gasteiger partial charge in [0.05, 0.1) is 0 Å². The van der Waals surface area contributed by atoms with E-state index >= 15 is 0 Å². The number of rotatable bonds is 5. The molecule has 2 atom stereocenters. The van der Waals surface area contributed by atoms with Crippen molar-refractivity contribution in [2.24, 2.45) is 17.1 Å². The summed E-state index contributed by atoms with van der Waals surface area (Å²) >= 11 is 0. The van der Waals surface area contributed by atoms with Crippen LogP contribution in [0.3, 0.4) is 0 Å². The first-order chi connectivity index (χ1) is 8.29. The minimum atomic E-state index is 0.167. The highest BCUT2D eigenvalue weighted by Gasteiger charge is 2.33. The second-order valence-electron chi connectivity index (χ2n) is 6.13. The fourth-order valence-corrected chi connectivity index (χ4v) is 3.63. The van der Waals surface area contributed by atoms with Crippen molar-refractivity contribution in [1.29, 1.82) is 0 Å². The molecule has 0 aromatic rings. The first-order valence-electron chi connectivity index (χ1n) is 7.34. The largest absolute Gasteiger partial charge is 0.396 e. The van der Waals surface area contributed by atoms with Gasteiger partial charge in [0.1, 0.15) is 0 Å². The smallest absolute Gasteiger partial charge is 0.0499 e. The Labute approximate surface area is 105 Å². The summed E-state index contributed by atoms with van der Waals surface area (Å²) < 4.78 is 0. The monoisotopic (exact) mass is 240 g/mol. The summed E-state index contributed by atoms with van der Waals surface area (Å²) in [4.78, 5) is 0. The van der Waals surface area contributed by atoms with Crippen LogP contribution in [0.1, 0.15) is 51.4 Å². The van der Waals surface area contributed by atoms with Crippen LogP contribution in [-0.4, -0.2) is 30.8 Å². The van der Waals surface area contributed by atoms with Gasteiger partial charge in [0, 0.05) is 24.6 Å². The maximum absolute atomic E-state index is 9.67. The van der Waals surface area contributed by atoms with Gasteiger partial charge < -0.3 is 16.2 Å². The molecule has 0 radical (unpaired) electrons. The maximum atomic E-state index is 9.67. The van der Waals surface area contributed by atoms with Gasteiger partial charge in [-0.05, 0) is 38.1 Å². The fraction of sp³-hybridized carbons (Fsp3) is 1.00. The van der Waals surface area contributed by atoms with E-state index in [4.69, 9.17) is 5.73 Å². The zero-order chi connectivity index (χ0) is 12.1. The van der Waals surface area contributed by atoms with E-state index in [2.05, 4.69) is 5.32 Å². The molecule has 2 fully saturated rings. The topological polar surface area (TPSA) is 58.3 Å². The average Bonchev–Trinajstić information content (AvgIpc) is 2.85. The molecule has 100 valence electrons. The Morgan fingerprint density at radius 2 is 1.88 bits per heavy atom. The number of aliphatic hydroxyl groups excluding tert-OH is 1. The molecule has 3 heteroatoms. The van der Waals surface area contributed by atoms with Crippen molar-refractivity contribution in [3.63, 3.8) is 0 Å². The Kier molecular flexibility index (Phi) is 4.83. The molecule has 0 bridgehead atoms. The van der Waals surface area contributed by atoms with E-state index in [1.807, 2.05) is 0 Å². The highest BCUT2D eigenvalue weighted by atomic mass is 16.3. The van der Waals surface area contributed by atoms with Gasteiger partial charge in [0.2, 0.25) is 0 Å². The zero-order valence-electron chi connectivity index (χ0n) is 11.0. The molecule has 2 unspecified atom stereocenters. The van der Waals surface area contributed by atoms with E-state index in [0.717, 1.165) is 13.1 Å². The summed E-state index contributed by atoms with van der Waals surface area (Å²) in [7, 11) is 0. The molecule has 2 saturated carbocycles. The summed E-state index contributed by atoms with van der Waals surface area (Å²) in [5, 5.41) is 13.4. The predicted octanol–water partition coefficient (Wildman–Crippen LogP) is 1.65. The summed E-state index contributed by atoms with van der Waals surface area (Å²) in [6.45, 7) is 2.15. The molecular formula is C14H28N2O. The molecule has 0 saturated heterocycles. The number of hydrogen-bond donors (Lipinski definition) is 3. The molecule has 2 rings (SSSR count). The predicted molar refractivity (Wildman–Crippen MR) is 70.8 cm³/mol. The molecule has 17 heavy (non-hydrogen) atoms. The molecule has 3 nitrogen and oxygen atoms in total. The lowest BCUT2D eigenvalue weighted by molar-refractivity contribution is 0.0768. The SMILES string of the molecule is NCC1CCCC1NCC1(CO)CCCCC1. The van der Waals surface area contributed by atoms with Crippen LogP contribution in [0.2, 0.25) is 0 Å². The van der Waals surface area contributed by atoms with Gasteiger partial charge in [0.25, 0.3) is 0 Å². The van der Waals surface area contributed by atoms with E-state index in [1.54, 1.807) is 0 Å². The van der Waals surface area contributed by atoms with Crippen LogP contribution in [-0.2, 0) is 0 Å². The lowest BCUT2D eigenvalue weighted by Gasteiger charge is -2.37. The Bertz CT molecular complexity index is 226. The van der Waals surface area contributed by atoms with Crippen LogP contribution in [0.25, 0.3) is 0 Å². The Morgan fingerprint density at radius 3 is 2.53 bits per heavy atom. The minimum Gasteiger partial charge on any atom is -0.396 e. The molecule has 0 heterocycles. The van der Waals surface area contributed by atoms with Crippen LogP contribution in [0.4, 0.5) is 0 Å².